The Morgan fingerprint density at radius 2 is 2.14 bits per heavy atom. The van der Waals surface area contributed by atoms with E-state index in [1.165, 1.54) is 19.2 Å². The number of hydrogen-bond acceptors (Lipinski definition) is 7. The summed E-state index contributed by atoms with van der Waals surface area (Å²) < 4.78 is 4.52. The van der Waals surface area contributed by atoms with Gasteiger partial charge < -0.3 is 14.9 Å². The number of phenols is 2. The van der Waals surface area contributed by atoms with Crippen molar-refractivity contribution in [3.8, 4) is 11.5 Å². The van der Waals surface area contributed by atoms with Crippen LogP contribution < -0.4 is 5.32 Å². The second-order valence-electron chi connectivity index (χ2n) is 4.05. The van der Waals surface area contributed by atoms with Gasteiger partial charge in [-0.05, 0) is 18.2 Å². The molecule has 0 saturated heterocycles. The quantitative estimate of drug-likeness (QED) is 0.583. The molecule has 0 bridgehead atoms. The normalized spacial score (nSPS) is 10.1. The number of methoxy groups -OCH3 is 1. The van der Waals surface area contributed by atoms with Crippen molar-refractivity contribution in [2.75, 3.05) is 12.4 Å². The van der Waals surface area contributed by atoms with Crippen LogP contribution in [0.2, 0.25) is 0 Å². The number of phenolic OH excluding ortho intramolecular Hbond substituents is 2. The molecule has 1 heterocycles. The van der Waals surface area contributed by atoms with E-state index in [1.54, 1.807) is 5.38 Å². The molecule has 0 atom stereocenters. The first-order chi connectivity index (χ1) is 9.99. The van der Waals surface area contributed by atoms with E-state index in [0.29, 0.717) is 5.69 Å². The van der Waals surface area contributed by atoms with E-state index >= 15 is 0 Å². The molecule has 0 unspecified atom stereocenters. The Balaban J connectivity index is 2.09. The molecular weight excluding hydrogens is 296 g/mol. The summed E-state index contributed by atoms with van der Waals surface area (Å²) in [7, 11) is 1.28. The molecule has 1 aromatic carbocycles. The van der Waals surface area contributed by atoms with Crippen molar-refractivity contribution in [3.05, 3.63) is 34.8 Å². The number of aromatic hydroxyl groups is 2. The molecule has 1 amide bonds. The van der Waals surface area contributed by atoms with Crippen LogP contribution in [0.4, 0.5) is 5.13 Å². The minimum atomic E-state index is -0.609. The number of hydrogen-bond donors (Lipinski definition) is 3. The first-order valence-electron chi connectivity index (χ1n) is 5.84. The van der Waals surface area contributed by atoms with Crippen LogP contribution in [0.25, 0.3) is 0 Å². The zero-order valence-electron chi connectivity index (χ0n) is 11.0. The smallest absolute Gasteiger partial charge is 0.311 e. The van der Waals surface area contributed by atoms with Crippen LogP contribution in [0.3, 0.4) is 0 Å². The maximum atomic E-state index is 12.0. The molecule has 1 aromatic heterocycles. The fourth-order valence-electron chi connectivity index (χ4n) is 1.54. The Kier molecular flexibility index (Phi) is 4.39. The molecule has 3 N–H and O–H groups in total. The number of thiazole rings is 1. The lowest BCUT2D eigenvalue weighted by Crippen LogP contribution is -2.12. The lowest BCUT2D eigenvalue weighted by Gasteiger charge is -2.04. The number of carbonyl (C=O) groups excluding carboxylic acids is 2. The molecule has 2 aromatic rings. The van der Waals surface area contributed by atoms with Crippen LogP contribution in [-0.4, -0.2) is 34.2 Å². The molecule has 0 fully saturated rings. The van der Waals surface area contributed by atoms with Crippen molar-refractivity contribution in [1.82, 2.24) is 4.98 Å². The molecule has 2 rings (SSSR count). The lowest BCUT2D eigenvalue weighted by atomic mass is 10.2. The number of amides is 1. The highest BCUT2D eigenvalue weighted by molar-refractivity contribution is 7.14. The van der Waals surface area contributed by atoms with Crippen molar-refractivity contribution in [2.24, 2.45) is 0 Å². The second-order valence-corrected chi connectivity index (χ2v) is 4.91. The molecule has 8 heteroatoms. The number of ether oxygens (including phenoxy) is 1. The van der Waals surface area contributed by atoms with Crippen molar-refractivity contribution >= 4 is 28.3 Å². The van der Waals surface area contributed by atoms with E-state index < -0.39 is 11.9 Å². The zero-order valence-corrected chi connectivity index (χ0v) is 11.8. The standard InChI is InChI=1S/C13H12N2O5S/c1-20-11(18)4-7-6-21-13(14-7)15-12(19)9-5-8(16)2-3-10(9)17/h2-3,5-6,16-17H,4H2,1H3,(H,14,15,19). The molecule has 0 aliphatic carbocycles. The van der Waals surface area contributed by atoms with Gasteiger partial charge in [0.05, 0.1) is 24.8 Å². The lowest BCUT2D eigenvalue weighted by molar-refractivity contribution is -0.139. The second kappa shape index (κ2) is 6.23. The summed E-state index contributed by atoms with van der Waals surface area (Å²) in [4.78, 5) is 27.1. The van der Waals surface area contributed by atoms with Crippen LogP contribution in [0.5, 0.6) is 11.5 Å². The zero-order chi connectivity index (χ0) is 15.4. The first-order valence-corrected chi connectivity index (χ1v) is 6.72. The van der Waals surface area contributed by atoms with Crippen molar-refractivity contribution < 1.29 is 24.5 Å². The van der Waals surface area contributed by atoms with Gasteiger partial charge in [0.25, 0.3) is 5.91 Å². The summed E-state index contributed by atoms with van der Waals surface area (Å²) in [5.74, 6) is -1.42. The summed E-state index contributed by atoms with van der Waals surface area (Å²) in [5.41, 5.74) is 0.405. The highest BCUT2D eigenvalue weighted by Crippen LogP contribution is 2.24. The third-order valence-corrected chi connectivity index (χ3v) is 3.36. The Morgan fingerprint density at radius 1 is 1.38 bits per heavy atom. The molecular formula is C13H12N2O5S. The molecule has 110 valence electrons. The SMILES string of the molecule is COC(=O)Cc1csc(NC(=O)c2cc(O)ccc2O)n1. The maximum Gasteiger partial charge on any atom is 0.311 e. The fourth-order valence-corrected chi connectivity index (χ4v) is 2.24. The summed E-state index contributed by atoms with van der Waals surface area (Å²) >= 11 is 1.14. The molecule has 0 aliphatic rings. The van der Waals surface area contributed by atoms with Gasteiger partial charge in [-0.1, -0.05) is 0 Å². The Bertz CT molecular complexity index is 683. The molecule has 0 radical (unpaired) electrons. The Morgan fingerprint density at radius 3 is 2.86 bits per heavy atom. The molecule has 21 heavy (non-hydrogen) atoms. The molecule has 7 nitrogen and oxygen atoms in total. The van der Waals surface area contributed by atoms with E-state index in [4.69, 9.17) is 0 Å². The molecule has 0 saturated carbocycles. The third-order valence-electron chi connectivity index (χ3n) is 2.55. The number of esters is 1. The number of nitrogens with one attached hydrogen (secondary N) is 1. The third kappa shape index (κ3) is 3.69. The maximum absolute atomic E-state index is 12.0. The van der Waals surface area contributed by atoms with E-state index in [9.17, 15) is 19.8 Å². The van der Waals surface area contributed by atoms with E-state index in [-0.39, 0.29) is 28.6 Å². The Hall–Kier alpha value is -2.61. The molecule has 0 spiro atoms. The van der Waals surface area contributed by atoms with Crippen molar-refractivity contribution in [3.63, 3.8) is 0 Å². The summed E-state index contributed by atoms with van der Waals surface area (Å²) in [6, 6.07) is 3.63. The number of anilines is 1. The largest absolute Gasteiger partial charge is 0.508 e. The van der Waals surface area contributed by atoms with Gasteiger partial charge in [-0.25, -0.2) is 4.98 Å². The average molecular weight is 308 g/mol. The van der Waals surface area contributed by atoms with Crippen LogP contribution in [-0.2, 0) is 16.0 Å². The van der Waals surface area contributed by atoms with Gasteiger partial charge in [-0.15, -0.1) is 11.3 Å². The fraction of sp³-hybridized carbons (Fsp3) is 0.154. The summed E-state index contributed by atoms with van der Waals surface area (Å²) in [5, 5.41) is 23.3. The van der Waals surface area contributed by atoms with Gasteiger partial charge in [0.1, 0.15) is 11.5 Å². The predicted molar refractivity (Wildman–Crippen MR) is 75.6 cm³/mol. The number of carbonyl (C=O) groups is 2. The van der Waals surface area contributed by atoms with Crippen LogP contribution in [0.1, 0.15) is 16.1 Å². The minimum Gasteiger partial charge on any atom is -0.508 e. The number of benzene rings is 1. The minimum absolute atomic E-state index is 0.0141. The monoisotopic (exact) mass is 308 g/mol. The summed E-state index contributed by atoms with van der Waals surface area (Å²) in [6.07, 6.45) is 0.0141. The number of rotatable bonds is 4. The van der Waals surface area contributed by atoms with Gasteiger partial charge in [-0.2, -0.15) is 0 Å². The van der Waals surface area contributed by atoms with Gasteiger partial charge >= 0.3 is 5.97 Å². The predicted octanol–water partition coefficient (Wildman–Crippen LogP) is 1.52. The number of aromatic nitrogens is 1. The Labute approximate surface area is 123 Å². The average Bonchev–Trinajstić information content (AvgIpc) is 2.88. The van der Waals surface area contributed by atoms with E-state index in [0.717, 1.165) is 17.4 Å². The van der Waals surface area contributed by atoms with Gasteiger partial charge in [0, 0.05) is 5.38 Å². The van der Waals surface area contributed by atoms with Crippen LogP contribution in [0, 0.1) is 0 Å². The number of nitrogens with zero attached hydrogens (tertiary/aromatic N) is 1. The highest BCUT2D eigenvalue weighted by atomic mass is 32.1. The van der Waals surface area contributed by atoms with Crippen molar-refractivity contribution in [1.29, 1.82) is 0 Å². The van der Waals surface area contributed by atoms with Gasteiger partial charge in [0.2, 0.25) is 0 Å². The highest BCUT2D eigenvalue weighted by Gasteiger charge is 2.14. The van der Waals surface area contributed by atoms with Crippen LogP contribution in [0.15, 0.2) is 23.6 Å². The molecule has 0 aliphatic heterocycles. The van der Waals surface area contributed by atoms with Crippen LogP contribution >= 0.6 is 11.3 Å². The first kappa shape index (κ1) is 14.8. The van der Waals surface area contributed by atoms with Crippen molar-refractivity contribution in [2.45, 2.75) is 6.42 Å². The van der Waals surface area contributed by atoms with E-state index in [1.807, 2.05) is 0 Å². The topological polar surface area (TPSA) is 109 Å². The summed E-state index contributed by atoms with van der Waals surface area (Å²) in [6.45, 7) is 0. The van der Waals surface area contributed by atoms with Gasteiger partial charge in [-0.3, -0.25) is 14.9 Å². The van der Waals surface area contributed by atoms with E-state index in [2.05, 4.69) is 15.0 Å². The van der Waals surface area contributed by atoms with Gasteiger partial charge in [0.15, 0.2) is 5.13 Å².